The first-order chi connectivity index (χ1) is 6.77. The number of hydrogen-bond acceptors (Lipinski definition) is 3. The maximum atomic E-state index is 11.9. The molecule has 3 nitrogen and oxygen atoms in total. The molecular weight excluding hydrogens is 218 g/mol. The van der Waals surface area contributed by atoms with Crippen LogP contribution in [0, 0.1) is 0 Å². The van der Waals surface area contributed by atoms with E-state index in [1.54, 1.807) is 4.57 Å². The molecule has 3 heterocycles. The lowest BCUT2D eigenvalue weighted by molar-refractivity contribution is 0.681. The normalized spacial score (nSPS) is 20.1. The van der Waals surface area contributed by atoms with E-state index in [-0.39, 0.29) is 5.56 Å². The minimum absolute atomic E-state index is 0.0124. The van der Waals surface area contributed by atoms with Gasteiger partial charge in [-0.15, -0.1) is 11.3 Å². The van der Waals surface area contributed by atoms with Crippen molar-refractivity contribution < 1.29 is 4.21 Å². The van der Waals surface area contributed by atoms with Gasteiger partial charge in [0.2, 0.25) is 0 Å². The van der Waals surface area contributed by atoms with Crippen molar-refractivity contribution in [3.63, 3.8) is 0 Å². The fraction of sp³-hybridized carbons (Fsp3) is 0.222. The molecule has 0 saturated heterocycles. The highest BCUT2D eigenvalue weighted by Crippen LogP contribution is 2.22. The van der Waals surface area contributed by atoms with Crippen molar-refractivity contribution in [3.8, 4) is 0 Å². The predicted molar refractivity (Wildman–Crippen MR) is 57.4 cm³/mol. The van der Waals surface area contributed by atoms with Crippen LogP contribution < -0.4 is 5.56 Å². The lowest BCUT2D eigenvalue weighted by Crippen LogP contribution is -2.18. The lowest BCUT2D eigenvalue weighted by Gasteiger charge is -2.00. The van der Waals surface area contributed by atoms with E-state index in [2.05, 4.69) is 0 Å². The molecule has 1 aliphatic heterocycles. The predicted octanol–water partition coefficient (Wildman–Crippen LogP) is 1.18. The van der Waals surface area contributed by atoms with Crippen LogP contribution in [0.2, 0.25) is 0 Å². The summed E-state index contributed by atoms with van der Waals surface area (Å²) in [5, 5.41) is 3.49. The molecule has 2 aromatic heterocycles. The fourth-order valence-electron chi connectivity index (χ4n) is 1.72. The zero-order chi connectivity index (χ0) is 9.71. The Morgan fingerprint density at radius 3 is 3.21 bits per heavy atom. The minimum Gasteiger partial charge on any atom is -0.299 e. The van der Waals surface area contributed by atoms with Gasteiger partial charge in [0.05, 0.1) is 15.5 Å². The molecule has 0 aromatic carbocycles. The first-order valence-electron chi connectivity index (χ1n) is 4.27. The third-order valence-electron chi connectivity index (χ3n) is 2.41. The van der Waals surface area contributed by atoms with Gasteiger partial charge in [0, 0.05) is 17.7 Å². The Hall–Kier alpha value is -0.940. The Balaban J connectivity index is 2.53. The number of thiophene rings is 1. The van der Waals surface area contributed by atoms with Gasteiger partial charge in [0.15, 0.2) is 0 Å². The highest BCUT2D eigenvalue weighted by molar-refractivity contribution is 7.85. The largest absolute Gasteiger partial charge is 0.299 e. The molecule has 0 radical (unpaired) electrons. The van der Waals surface area contributed by atoms with Gasteiger partial charge >= 0.3 is 0 Å². The highest BCUT2D eigenvalue weighted by Gasteiger charge is 2.20. The van der Waals surface area contributed by atoms with Crippen LogP contribution in [0.1, 0.15) is 0 Å². The topological polar surface area (TPSA) is 39.1 Å². The van der Waals surface area contributed by atoms with Crippen LogP contribution in [0.5, 0.6) is 0 Å². The molecule has 0 aliphatic carbocycles. The van der Waals surface area contributed by atoms with Gasteiger partial charge in [-0.25, -0.2) is 0 Å². The summed E-state index contributed by atoms with van der Waals surface area (Å²) in [6, 6.07) is 3.77. The minimum atomic E-state index is -0.981. The molecule has 0 amide bonds. The van der Waals surface area contributed by atoms with E-state index in [0.717, 1.165) is 10.1 Å². The standard InChI is InChI=1S/C9H7NO2S2/c11-9-8-6(1-3-13-8)5-7-10(9)2-4-14(7)12/h1,3,5H,2,4H2. The molecule has 2 aromatic rings. The van der Waals surface area contributed by atoms with Crippen LogP contribution >= 0.6 is 11.3 Å². The fourth-order valence-corrected chi connectivity index (χ4v) is 3.78. The molecule has 14 heavy (non-hydrogen) atoms. The van der Waals surface area contributed by atoms with Gasteiger partial charge in [-0.1, -0.05) is 0 Å². The Bertz CT molecular complexity index is 596. The number of pyridine rings is 1. The van der Waals surface area contributed by atoms with Crippen molar-refractivity contribution in [1.82, 2.24) is 4.57 Å². The van der Waals surface area contributed by atoms with E-state index in [1.165, 1.54) is 11.3 Å². The van der Waals surface area contributed by atoms with Crippen molar-refractivity contribution in [1.29, 1.82) is 0 Å². The van der Waals surface area contributed by atoms with Gasteiger partial charge in [0.25, 0.3) is 5.56 Å². The van der Waals surface area contributed by atoms with E-state index in [4.69, 9.17) is 0 Å². The maximum Gasteiger partial charge on any atom is 0.269 e. The van der Waals surface area contributed by atoms with Gasteiger partial charge in [0.1, 0.15) is 5.03 Å². The molecule has 1 unspecified atom stereocenters. The summed E-state index contributed by atoms with van der Waals surface area (Å²) in [4.78, 5) is 11.9. The van der Waals surface area contributed by atoms with Crippen molar-refractivity contribution in [2.75, 3.05) is 5.75 Å². The summed E-state index contributed by atoms with van der Waals surface area (Å²) in [5.74, 6) is 0.576. The third-order valence-corrected chi connectivity index (χ3v) is 4.69. The molecule has 0 bridgehead atoms. The van der Waals surface area contributed by atoms with Crippen molar-refractivity contribution >= 4 is 32.2 Å². The maximum absolute atomic E-state index is 11.9. The van der Waals surface area contributed by atoms with E-state index in [0.29, 0.717) is 17.3 Å². The van der Waals surface area contributed by atoms with Crippen molar-refractivity contribution in [3.05, 3.63) is 27.9 Å². The second-order valence-electron chi connectivity index (χ2n) is 3.19. The molecule has 3 rings (SSSR count). The zero-order valence-corrected chi connectivity index (χ0v) is 8.86. The van der Waals surface area contributed by atoms with Crippen LogP contribution in [-0.4, -0.2) is 14.5 Å². The molecule has 1 aliphatic rings. The monoisotopic (exact) mass is 225 g/mol. The van der Waals surface area contributed by atoms with Crippen LogP contribution in [0.15, 0.2) is 27.3 Å². The average molecular weight is 225 g/mol. The van der Waals surface area contributed by atoms with Crippen molar-refractivity contribution in [2.45, 2.75) is 11.6 Å². The van der Waals surface area contributed by atoms with Crippen LogP contribution in [0.4, 0.5) is 0 Å². The molecule has 1 atom stereocenters. The molecular formula is C9H7NO2S2. The van der Waals surface area contributed by atoms with E-state index >= 15 is 0 Å². The molecule has 0 fully saturated rings. The SMILES string of the molecule is O=c1c2sccc2cc2n1CCS2=O. The zero-order valence-electron chi connectivity index (χ0n) is 7.23. The number of rotatable bonds is 0. The molecule has 0 N–H and O–H groups in total. The quantitative estimate of drug-likeness (QED) is 0.675. The number of nitrogens with zero attached hydrogens (tertiary/aromatic N) is 1. The first-order valence-corrected chi connectivity index (χ1v) is 6.46. The Labute approximate surface area is 86.4 Å². The molecule has 0 saturated carbocycles. The highest BCUT2D eigenvalue weighted by atomic mass is 32.2. The first kappa shape index (κ1) is 8.38. The Morgan fingerprint density at radius 1 is 1.50 bits per heavy atom. The third kappa shape index (κ3) is 0.965. The molecule has 5 heteroatoms. The molecule has 0 spiro atoms. The van der Waals surface area contributed by atoms with Crippen LogP contribution in [-0.2, 0) is 17.3 Å². The summed E-state index contributed by atoms with van der Waals surface area (Å²) in [7, 11) is -0.981. The Morgan fingerprint density at radius 2 is 2.36 bits per heavy atom. The van der Waals surface area contributed by atoms with E-state index in [1.807, 2.05) is 17.5 Å². The molecule has 72 valence electrons. The second kappa shape index (κ2) is 2.77. The Kier molecular flexibility index (Phi) is 1.66. The summed E-state index contributed by atoms with van der Waals surface area (Å²) in [5.41, 5.74) is 0.0124. The van der Waals surface area contributed by atoms with E-state index < -0.39 is 10.8 Å². The van der Waals surface area contributed by atoms with Gasteiger partial charge < -0.3 is 0 Å². The second-order valence-corrected chi connectivity index (χ2v) is 5.63. The van der Waals surface area contributed by atoms with Gasteiger partial charge in [-0.2, -0.15) is 0 Å². The summed E-state index contributed by atoms with van der Waals surface area (Å²) in [6.07, 6.45) is 0. The number of fused-ring (bicyclic) bond motifs is 2. The summed E-state index contributed by atoms with van der Waals surface area (Å²) >= 11 is 1.45. The average Bonchev–Trinajstić information content (AvgIpc) is 2.75. The van der Waals surface area contributed by atoms with E-state index in [9.17, 15) is 9.00 Å². The van der Waals surface area contributed by atoms with Gasteiger partial charge in [-0.05, 0) is 17.5 Å². The number of hydrogen-bond donors (Lipinski definition) is 0. The van der Waals surface area contributed by atoms with Crippen LogP contribution in [0.3, 0.4) is 0 Å². The smallest absolute Gasteiger partial charge is 0.269 e. The summed E-state index contributed by atoms with van der Waals surface area (Å²) < 4.78 is 13.9. The lowest BCUT2D eigenvalue weighted by atomic mass is 10.3. The van der Waals surface area contributed by atoms with Crippen LogP contribution in [0.25, 0.3) is 10.1 Å². The number of aromatic nitrogens is 1. The van der Waals surface area contributed by atoms with Crippen molar-refractivity contribution in [2.24, 2.45) is 0 Å². The van der Waals surface area contributed by atoms with Gasteiger partial charge in [-0.3, -0.25) is 13.6 Å². The summed E-state index contributed by atoms with van der Waals surface area (Å²) in [6.45, 7) is 0.592.